The third kappa shape index (κ3) is 4.91. The Morgan fingerprint density at radius 3 is 2.62 bits per heavy atom. The van der Waals surface area contributed by atoms with Gasteiger partial charge in [0.15, 0.2) is 0 Å². The summed E-state index contributed by atoms with van der Waals surface area (Å²) in [5, 5.41) is 3.44. The van der Waals surface area contributed by atoms with Crippen LogP contribution in [-0.2, 0) is 14.8 Å². The van der Waals surface area contributed by atoms with Crippen molar-refractivity contribution in [3.05, 3.63) is 53.1 Å². The van der Waals surface area contributed by atoms with E-state index in [1.165, 1.54) is 23.5 Å². The van der Waals surface area contributed by atoms with Gasteiger partial charge in [0.2, 0.25) is 15.9 Å². The number of halogens is 1. The molecule has 2 aromatic rings. The van der Waals surface area contributed by atoms with Crippen molar-refractivity contribution in [2.24, 2.45) is 0 Å². The van der Waals surface area contributed by atoms with Gasteiger partial charge in [0.05, 0.1) is 12.0 Å². The number of methoxy groups -OCH3 is 1. The van der Waals surface area contributed by atoms with Crippen molar-refractivity contribution in [2.75, 3.05) is 19.0 Å². The van der Waals surface area contributed by atoms with Crippen molar-refractivity contribution in [2.45, 2.75) is 43.5 Å². The molecule has 0 bridgehead atoms. The van der Waals surface area contributed by atoms with Crippen molar-refractivity contribution >= 4 is 33.2 Å². The summed E-state index contributed by atoms with van der Waals surface area (Å²) in [7, 11) is -2.16. The monoisotopic (exact) mass is 436 g/mol. The molecule has 1 atom stereocenters. The lowest BCUT2D eigenvalue weighted by Gasteiger charge is -2.34. The van der Waals surface area contributed by atoms with Crippen LogP contribution in [0.5, 0.6) is 5.75 Å². The molecule has 0 spiro atoms. The number of anilines is 1. The molecule has 2 aromatic carbocycles. The molecule has 0 aliphatic carbocycles. The van der Waals surface area contributed by atoms with Crippen molar-refractivity contribution in [1.82, 2.24) is 4.31 Å². The minimum absolute atomic E-state index is 0.0985. The summed E-state index contributed by atoms with van der Waals surface area (Å²) >= 11 is 6.11. The van der Waals surface area contributed by atoms with E-state index in [2.05, 4.69) is 5.32 Å². The van der Waals surface area contributed by atoms with Crippen LogP contribution in [0, 0.1) is 6.92 Å². The zero-order valence-corrected chi connectivity index (χ0v) is 18.1. The molecule has 1 fully saturated rings. The number of amides is 1. The molecule has 156 valence electrons. The summed E-state index contributed by atoms with van der Waals surface area (Å²) in [5.74, 6) is 0.368. The number of hydrogen-bond donors (Lipinski definition) is 1. The molecule has 6 nitrogen and oxygen atoms in total. The summed E-state index contributed by atoms with van der Waals surface area (Å²) in [6.07, 6.45) is 2.42. The third-order valence-electron chi connectivity index (χ3n) is 5.20. The van der Waals surface area contributed by atoms with Gasteiger partial charge in [-0.25, -0.2) is 8.42 Å². The molecule has 1 aliphatic heterocycles. The maximum Gasteiger partial charge on any atom is 0.243 e. The van der Waals surface area contributed by atoms with Crippen LogP contribution < -0.4 is 10.1 Å². The van der Waals surface area contributed by atoms with E-state index >= 15 is 0 Å². The molecular weight excluding hydrogens is 412 g/mol. The number of sulfonamides is 1. The quantitative estimate of drug-likeness (QED) is 0.735. The summed E-state index contributed by atoms with van der Waals surface area (Å²) in [5.41, 5.74) is 1.43. The average Bonchev–Trinajstić information content (AvgIpc) is 2.71. The van der Waals surface area contributed by atoms with Crippen LogP contribution in [-0.4, -0.2) is 38.3 Å². The first-order chi connectivity index (χ1) is 13.8. The van der Waals surface area contributed by atoms with Gasteiger partial charge >= 0.3 is 0 Å². The molecule has 3 rings (SSSR count). The molecule has 0 aromatic heterocycles. The Kier molecular flexibility index (Phi) is 6.82. The normalized spacial score (nSPS) is 17.7. The van der Waals surface area contributed by atoms with Crippen LogP contribution in [0.25, 0.3) is 0 Å². The third-order valence-corrected chi connectivity index (χ3v) is 7.58. The number of ether oxygens (including phenoxy) is 1. The lowest BCUT2D eigenvalue weighted by Crippen LogP contribution is -2.45. The largest absolute Gasteiger partial charge is 0.497 e. The Morgan fingerprint density at radius 1 is 1.21 bits per heavy atom. The maximum atomic E-state index is 13.2. The standard InChI is InChI=1S/C21H25ClN2O4S/c1-15-19(22)7-5-8-20(15)23-21(25)14-16-6-3-4-13-24(16)29(26,27)18-11-9-17(28-2)10-12-18/h5,7-12,16H,3-4,6,13-14H2,1-2H3,(H,23,25). The van der Waals surface area contributed by atoms with Crippen molar-refractivity contribution in [3.8, 4) is 5.75 Å². The van der Waals surface area contributed by atoms with Crippen LogP contribution in [0.2, 0.25) is 5.02 Å². The van der Waals surface area contributed by atoms with E-state index in [-0.39, 0.29) is 23.3 Å². The van der Waals surface area contributed by atoms with Gasteiger partial charge in [0.1, 0.15) is 5.75 Å². The highest BCUT2D eigenvalue weighted by Crippen LogP contribution is 2.29. The fourth-order valence-corrected chi connectivity index (χ4v) is 5.40. The zero-order valence-electron chi connectivity index (χ0n) is 16.5. The number of rotatable bonds is 6. The first-order valence-electron chi connectivity index (χ1n) is 9.54. The summed E-state index contributed by atoms with van der Waals surface area (Å²) in [6, 6.07) is 11.3. The van der Waals surface area contributed by atoms with Crippen LogP contribution in [0.4, 0.5) is 5.69 Å². The number of nitrogens with zero attached hydrogens (tertiary/aromatic N) is 1. The predicted molar refractivity (Wildman–Crippen MR) is 114 cm³/mol. The van der Waals surface area contributed by atoms with Crippen LogP contribution in [0.3, 0.4) is 0 Å². The molecule has 0 saturated carbocycles. The highest BCUT2D eigenvalue weighted by Gasteiger charge is 2.34. The van der Waals surface area contributed by atoms with Crippen LogP contribution in [0.1, 0.15) is 31.2 Å². The van der Waals surface area contributed by atoms with Crippen molar-refractivity contribution in [1.29, 1.82) is 0 Å². The summed E-state index contributed by atoms with van der Waals surface area (Å²) in [6.45, 7) is 2.24. The number of piperidine rings is 1. The van der Waals surface area contributed by atoms with Gasteiger partial charge in [-0.2, -0.15) is 4.31 Å². The first-order valence-corrected chi connectivity index (χ1v) is 11.4. The molecule has 29 heavy (non-hydrogen) atoms. The van der Waals surface area contributed by atoms with Crippen LogP contribution in [0.15, 0.2) is 47.4 Å². The van der Waals surface area contributed by atoms with E-state index in [9.17, 15) is 13.2 Å². The molecule has 1 aliphatic rings. The number of carbonyl (C=O) groups excluding carboxylic acids is 1. The van der Waals surface area contributed by atoms with E-state index in [1.807, 2.05) is 6.92 Å². The van der Waals surface area contributed by atoms with E-state index in [4.69, 9.17) is 16.3 Å². The second-order valence-electron chi connectivity index (χ2n) is 7.11. The van der Waals surface area contributed by atoms with Gasteiger partial charge in [-0.1, -0.05) is 24.1 Å². The van der Waals surface area contributed by atoms with Crippen LogP contribution >= 0.6 is 11.6 Å². The Labute approximate surface area is 176 Å². The summed E-state index contributed by atoms with van der Waals surface area (Å²) in [4.78, 5) is 12.8. The van der Waals surface area contributed by atoms with Crippen molar-refractivity contribution in [3.63, 3.8) is 0 Å². The highest BCUT2D eigenvalue weighted by molar-refractivity contribution is 7.89. The number of hydrogen-bond acceptors (Lipinski definition) is 4. The van der Waals surface area contributed by atoms with Gasteiger partial charge in [-0.05, 0) is 61.7 Å². The van der Waals surface area contributed by atoms with E-state index in [0.29, 0.717) is 29.4 Å². The second kappa shape index (κ2) is 9.15. The lowest BCUT2D eigenvalue weighted by atomic mass is 10.0. The topological polar surface area (TPSA) is 75.7 Å². The number of benzene rings is 2. The Balaban J connectivity index is 1.76. The van der Waals surface area contributed by atoms with Gasteiger partial charge in [0.25, 0.3) is 0 Å². The minimum Gasteiger partial charge on any atom is -0.497 e. The molecule has 1 heterocycles. The zero-order chi connectivity index (χ0) is 21.0. The fraction of sp³-hybridized carbons (Fsp3) is 0.381. The predicted octanol–water partition coefficient (Wildman–Crippen LogP) is 4.23. The summed E-state index contributed by atoms with van der Waals surface area (Å²) < 4.78 is 32.9. The molecule has 1 unspecified atom stereocenters. The molecule has 8 heteroatoms. The smallest absolute Gasteiger partial charge is 0.243 e. The number of nitrogens with one attached hydrogen (secondary N) is 1. The van der Waals surface area contributed by atoms with Gasteiger partial charge in [-0.3, -0.25) is 4.79 Å². The number of carbonyl (C=O) groups is 1. The van der Waals surface area contributed by atoms with Gasteiger partial charge in [0, 0.05) is 29.7 Å². The minimum atomic E-state index is -3.69. The average molecular weight is 437 g/mol. The van der Waals surface area contributed by atoms with E-state index in [1.54, 1.807) is 30.3 Å². The molecule has 1 amide bonds. The Morgan fingerprint density at radius 2 is 1.93 bits per heavy atom. The molecule has 1 saturated heterocycles. The molecular formula is C21H25ClN2O4S. The Hall–Kier alpha value is -2.09. The molecule has 1 N–H and O–H groups in total. The SMILES string of the molecule is COc1ccc(S(=O)(=O)N2CCCCC2CC(=O)Nc2cccc(Cl)c2C)cc1. The first kappa shape index (κ1) is 21.6. The fourth-order valence-electron chi connectivity index (χ4n) is 3.54. The van der Waals surface area contributed by atoms with E-state index in [0.717, 1.165) is 18.4 Å². The maximum absolute atomic E-state index is 13.2. The lowest BCUT2D eigenvalue weighted by molar-refractivity contribution is -0.117. The van der Waals surface area contributed by atoms with Gasteiger partial charge < -0.3 is 10.1 Å². The molecule has 0 radical (unpaired) electrons. The Bertz CT molecular complexity index is 977. The van der Waals surface area contributed by atoms with Gasteiger partial charge in [-0.15, -0.1) is 0 Å². The van der Waals surface area contributed by atoms with Crippen molar-refractivity contribution < 1.29 is 17.9 Å². The van der Waals surface area contributed by atoms with E-state index < -0.39 is 10.0 Å². The second-order valence-corrected chi connectivity index (χ2v) is 9.40. The highest BCUT2D eigenvalue weighted by atomic mass is 35.5.